The molecule has 1 amide bonds. The number of benzene rings is 1. The van der Waals surface area contributed by atoms with Gasteiger partial charge in [0.25, 0.3) is 0 Å². The minimum absolute atomic E-state index is 0.166. The Kier molecular flexibility index (Phi) is 5.94. The second-order valence-electron chi connectivity index (χ2n) is 8.52. The molecule has 6 nitrogen and oxygen atoms in total. The number of carbonyl (C=O) groups excluding carboxylic acids is 1. The zero-order valence-corrected chi connectivity index (χ0v) is 17.1. The van der Waals surface area contributed by atoms with Gasteiger partial charge in [0.2, 0.25) is 5.91 Å². The van der Waals surface area contributed by atoms with E-state index in [-0.39, 0.29) is 11.9 Å². The smallest absolute Gasteiger partial charge is 0.243 e. The molecule has 2 aliphatic rings. The molecule has 1 aromatic heterocycles. The van der Waals surface area contributed by atoms with Crippen molar-refractivity contribution >= 4 is 22.8 Å². The molecule has 1 aliphatic heterocycles. The molecule has 1 aliphatic carbocycles. The number of nitrogens with one attached hydrogen (secondary N) is 1. The summed E-state index contributed by atoms with van der Waals surface area (Å²) in [5, 5.41) is 13.0. The van der Waals surface area contributed by atoms with Crippen LogP contribution in [0, 0.1) is 17.2 Å². The monoisotopic (exact) mass is 391 g/mol. The molecule has 1 aromatic carbocycles. The number of anilines is 1. The third-order valence-corrected chi connectivity index (χ3v) is 6.15. The van der Waals surface area contributed by atoms with Crippen molar-refractivity contribution in [3.8, 4) is 6.07 Å². The van der Waals surface area contributed by atoms with Crippen LogP contribution in [0.3, 0.4) is 0 Å². The van der Waals surface area contributed by atoms with E-state index in [1.165, 1.54) is 12.8 Å². The maximum Gasteiger partial charge on any atom is 0.243 e. The highest BCUT2D eigenvalue weighted by molar-refractivity contribution is 5.89. The second kappa shape index (κ2) is 8.77. The first-order valence-electron chi connectivity index (χ1n) is 10.9. The molecular weight excluding hydrogens is 362 g/mol. The third-order valence-electron chi connectivity index (χ3n) is 6.15. The van der Waals surface area contributed by atoms with Gasteiger partial charge in [0.05, 0.1) is 17.1 Å². The summed E-state index contributed by atoms with van der Waals surface area (Å²) in [5.41, 5.74) is 2.02. The number of hydrogen-bond donors (Lipinski definition) is 1. The molecular formula is C23H29N5O. The van der Waals surface area contributed by atoms with E-state index in [2.05, 4.69) is 23.2 Å². The molecule has 0 bridgehead atoms. The number of amides is 1. The van der Waals surface area contributed by atoms with Crippen molar-refractivity contribution in [3.63, 3.8) is 0 Å². The Morgan fingerprint density at radius 3 is 2.55 bits per heavy atom. The van der Waals surface area contributed by atoms with Gasteiger partial charge < -0.3 is 10.2 Å². The molecule has 0 unspecified atom stereocenters. The van der Waals surface area contributed by atoms with Crippen molar-refractivity contribution in [1.29, 1.82) is 5.26 Å². The van der Waals surface area contributed by atoms with Crippen molar-refractivity contribution in [1.82, 2.24) is 15.3 Å². The minimum Gasteiger partial charge on any atom is -0.355 e. The van der Waals surface area contributed by atoms with Crippen molar-refractivity contribution in [2.24, 2.45) is 5.92 Å². The van der Waals surface area contributed by atoms with E-state index in [1.54, 1.807) is 0 Å². The maximum absolute atomic E-state index is 13.1. The molecule has 4 rings (SSSR count). The topological polar surface area (TPSA) is 81.9 Å². The van der Waals surface area contributed by atoms with Gasteiger partial charge in [-0.3, -0.25) is 4.79 Å². The molecule has 1 N–H and O–H groups in total. The van der Waals surface area contributed by atoms with Gasteiger partial charge in [-0.05, 0) is 43.7 Å². The summed E-state index contributed by atoms with van der Waals surface area (Å²) >= 11 is 0. The van der Waals surface area contributed by atoms with E-state index in [0.717, 1.165) is 56.2 Å². The van der Waals surface area contributed by atoms with Crippen LogP contribution in [0.1, 0.15) is 63.5 Å². The van der Waals surface area contributed by atoms with Crippen LogP contribution in [0.2, 0.25) is 0 Å². The summed E-state index contributed by atoms with van der Waals surface area (Å²) in [6, 6.07) is 10.1. The van der Waals surface area contributed by atoms with Crippen LogP contribution < -0.4 is 10.2 Å². The SMILES string of the molecule is C[C@H]1CCCN(c2nc3ccccc3nc2[C@@H](C#N)C(=O)NC2CCCCC2)C1. The lowest BCUT2D eigenvalue weighted by Gasteiger charge is -2.33. The largest absolute Gasteiger partial charge is 0.355 e. The van der Waals surface area contributed by atoms with E-state index in [1.807, 2.05) is 24.3 Å². The molecule has 1 saturated carbocycles. The molecule has 2 aromatic rings. The van der Waals surface area contributed by atoms with Crippen LogP contribution >= 0.6 is 0 Å². The molecule has 2 atom stereocenters. The van der Waals surface area contributed by atoms with E-state index in [0.29, 0.717) is 17.4 Å². The zero-order chi connectivity index (χ0) is 20.2. The first kappa shape index (κ1) is 19.6. The summed E-state index contributed by atoms with van der Waals surface area (Å²) in [5.74, 6) is 0.0682. The Morgan fingerprint density at radius 1 is 1.14 bits per heavy atom. The van der Waals surface area contributed by atoms with Gasteiger partial charge in [-0.2, -0.15) is 5.26 Å². The van der Waals surface area contributed by atoms with Gasteiger partial charge in [-0.1, -0.05) is 38.3 Å². The number of hydrogen-bond acceptors (Lipinski definition) is 5. The average molecular weight is 392 g/mol. The number of piperidine rings is 1. The summed E-state index contributed by atoms with van der Waals surface area (Å²) < 4.78 is 0. The molecule has 0 spiro atoms. The number of rotatable bonds is 4. The van der Waals surface area contributed by atoms with Crippen LogP contribution in [0.5, 0.6) is 0 Å². The van der Waals surface area contributed by atoms with Gasteiger partial charge in [0.1, 0.15) is 5.69 Å². The fourth-order valence-corrected chi connectivity index (χ4v) is 4.59. The lowest BCUT2D eigenvalue weighted by Crippen LogP contribution is -2.40. The lowest BCUT2D eigenvalue weighted by atomic mass is 9.94. The van der Waals surface area contributed by atoms with Crippen LogP contribution in [-0.2, 0) is 4.79 Å². The summed E-state index contributed by atoms with van der Waals surface area (Å²) in [4.78, 5) is 24.9. The summed E-state index contributed by atoms with van der Waals surface area (Å²) in [6.45, 7) is 3.99. The van der Waals surface area contributed by atoms with Gasteiger partial charge in [-0.25, -0.2) is 9.97 Å². The van der Waals surface area contributed by atoms with E-state index < -0.39 is 5.92 Å². The Labute approximate surface area is 172 Å². The Morgan fingerprint density at radius 2 is 1.86 bits per heavy atom. The highest BCUT2D eigenvalue weighted by Gasteiger charge is 2.31. The molecule has 152 valence electrons. The zero-order valence-electron chi connectivity index (χ0n) is 17.1. The van der Waals surface area contributed by atoms with Crippen molar-refractivity contribution in [3.05, 3.63) is 30.0 Å². The van der Waals surface area contributed by atoms with Crippen LogP contribution in [-0.4, -0.2) is 35.0 Å². The van der Waals surface area contributed by atoms with Crippen LogP contribution in [0.4, 0.5) is 5.82 Å². The predicted octanol–water partition coefficient (Wildman–Crippen LogP) is 3.92. The molecule has 0 radical (unpaired) electrons. The minimum atomic E-state index is -0.943. The first-order valence-corrected chi connectivity index (χ1v) is 10.9. The maximum atomic E-state index is 13.1. The lowest BCUT2D eigenvalue weighted by molar-refractivity contribution is -0.122. The summed E-state index contributed by atoms with van der Waals surface area (Å²) in [6.07, 6.45) is 7.75. The van der Waals surface area contributed by atoms with Crippen molar-refractivity contribution < 1.29 is 4.79 Å². The van der Waals surface area contributed by atoms with Gasteiger partial charge >= 0.3 is 0 Å². The predicted molar refractivity (Wildman–Crippen MR) is 114 cm³/mol. The Hall–Kier alpha value is -2.68. The number of fused-ring (bicyclic) bond motifs is 1. The van der Waals surface area contributed by atoms with Crippen molar-refractivity contribution in [2.45, 2.75) is 63.8 Å². The second-order valence-corrected chi connectivity index (χ2v) is 8.52. The average Bonchev–Trinajstić information content (AvgIpc) is 2.74. The van der Waals surface area contributed by atoms with E-state index >= 15 is 0 Å². The number of aromatic nitrogens is 2. The van der Waals surface area contributed by atoms with Crippen molar-refractivity contribution in [2.75, 3.05) is 18.0 Å². The number of para-hydroxylation sites is 2. The Bertz CT molecular complexity index is 915. The first-order chi connectivity index (χ1) is 14.2. The highest BCUT2D eigenvalue weighted by atomic mass is 16.2. The molecule has 6 heteroatoms. The number of nitrogens with zero attached hydrogens (tertiary/aromatic N) is 4. The fraction of sp³-hybridized carbons (Fsp3) is 0.565. The summed E-state index contributed by atoms with van der Waals surface area (Å²) in [7, 11) is 0. The molecule has 2 fully saturated rings. The van der Waals surface area contributed by atoms with Gasteiger partial charge in [-0.15, -0.1) is 0 Å². The normalized spacial score (nSPS) is 21.5. The number of carbonyl (C=O) groups is 1. The van der Waals surface area contributed by atoms with Crippen LogP contribution in [0.25, 0.3) is 11.0 Å². The highest BCUT2D eigenvalue weighted by Crippen LogP contribution is 2.30. The Balaban J connectivity index is 1.70. The molecule has 1 saturated heterocycles. The van der Waals surface area contributed by atoms with Gasteiger partial charge in [0, 0.05) is 19.1 Å². The molecule has 29 heavy (non-hydrogen) atoms. The fourth-order valence-electron chi connectivity index (χ4n) is 4.59. The third kappa shape index (κ3) is 4.34. The quantitative estimate of drug-likeness (QED) is 0.854. The van der Waals surface area contributed by atoms with Gasteiger partial charge in [0.15, 0.2) is 11.7 Å². The standard InChI is InChI=1S/C23H29N5O/c1-16-8-7-13-28(15-16)22-21(26-19-11-5-6-12-20(19)27-22)18(14-24)23(29)25-17-9-3-2-4-10-17/h5-6,11-12,16-18H,2-4,7-10,13,15H2,1H3,(H,25,29)/t16-,18+/m0/s1. The van der Waals surface area contributed by atoms with Crippen LogP contribution in [0.15, 0.2) is 24.3 Å². The van der Waals surface area contributed by atoms with E-state index in [9.17, 15) is 10.1 Å². The van der Waals surface area contributed by atoms with E-state index in [4.69, 9.17) is 9.97 Å². The molecule has 2 heterocycles. The number of nitriles is 1.